The molecule has 0 saturated heterocycles. The highest BCUT2D eigenvalue weighted by molar-refractivity contribution is 5.44. The average Bonchev–Trinajstić information content (AvgIpc) is 3.13. The van der Waals surface area contributed by atoms with E-state index in [9.17, 15) is 0 Å². The van der Waals surface area contributed by atoms with Gasteiger partial charge in [0, 0.05) is 0 Å². The lowest BCUT2D eigenvalue weighted by molar-refractivity contribution is -0.106. The molecule has 1 nitrogen and oxygen atoms in total. The van der Waals surface area contributed by atoms with E-state index in [1.54, 1.807) is 0 Å². The Hall–Kier alpha value is -0.590. The summed E-state index contributed by atoms with van der Waals surface area (Å²) in [5.41, 5.74) is 0. The molecule has 0 aromatic rings. The molecule has 0 N–H and O–H groups in total. The first kappa shape index (κ1) is 29.2. The monoisotopic (exact) mass is 354 g/mol. The van der Waals surface area contributed by atoms with Crippen LogP contribution in [0.15, 0.2) is 12.2 Å². The minimum atomic E-state index is 0.750. The van der Waals surface area contributed by atoms with E-state index in [4.69, 9.17) is 4.79 Å². The van der Waals surface area contributed by atoms with Crippen molar-refractivity contribution < 1.29 is 4.79 Å². The lowest BCUT2D eigenvalue weighted by Crippen LogP contribution is -1.92. The van der Waals surface area contributed by atoms with Crippen molar-refractivity contribution in [3.05, 3.63) is 12.2 Å². The molecule has 0 aliphatic heterocycles. The molecule has 1 saturated carbocycles. The molecular weight excluding hydrogens is 304 g/mol. The molecule has 0 aromatic carbocycles. The summed E-state index contributed by atoms with van der Waals surface area (Å²) in [6.45, 7) is 14.2. The van der Waals surface area contributed by atoms with Gasteiger partial charge in [-0.25, -0.2) is 0 Å². The van der Waals surface area contributed by atoms with Crippen LogP contribution in [-0.4, -0.2) is 6.29 Å². The summed E-state index contributed by atoms with van der Waals surface area (Å²) >= 11 is 0. The van der Waals surface area contributed by atoms with E-state index in [1.807, 2.05) is 13.8 Å². The van der Waals surface area contributed by atoms with Crippen LogP contribution < -0.4 is 0 Å². The van der Waals surface area contributed by atoms with Crippen LogP contribution in [0.4, 0.5) is 0 Å². The van der Waals surface area contributed by atoms with Crippen LogP contribution in [-0.2, 0) is 4.79 Å². The first-order chi connectivity index (χ1) is 12.1. The lowest BCUT2D eigenvalue weighted by Gasteiger charge is -2.07. The Morgan fingerprint density at radius 3 is 1.80 bits per heavy atom. The fourth-order valence-electron chi connectivity index (χ4n) is 2.92. The summed E-state index contributed by atoms with van der Waals surface area (Å²) in [7, 11) is 0. The molecule has 1 rings (SSSR count). The second kappa shape index (κ2) is 28.2. The Kier molecular flexibility index (Phi) is 32.9. The maximum Gasteiger partial charge on any atom is 0.116 e. The lowest BCUT2D eigenvalue weighted by atomic mass is 9.99. The topological polar surface area (TPSA) is 17.1 Å². The molecule has 0 unspecified atom stereocenters. The number of rotatable bonds is 9. The van der Waals surface area contributed by atoms with Gasteiger partial charge in [0.25, 0.3) is 0 Å². The normalized spacial score (nSPS) is 13.4. The predicted molar refractivity (Wildman–Crippen MR) is 117 cm³/mol. The quantitative estimate of drug-likeness (QED) is 0.230. The van der Waals surface area contributed by atoms with Crippen LogP contribution in [0.5, 0.6) is 0 Å². The van der Waals surface area contributed by atoms with Gasteiger partial charge in [0.15, 0.2) is 0 Å². The average molecular weight is 355 g/mol. The van der Waals surface area contributed by atoms with E-state index in [0.717, 1.165) is 18.1 Å². The Morgan fingerprint density at radius 2 is 1.40 bits per heavy atom. The van der Waals surface area contributed by atoms with E-state index in [2.05, 4.69) is 39.8 Å². The van der Waals surface area contributed by atoms with Crippen molar-refractivity contribution in [3.63, 3.8) is 0 Å². The van der Waals surface area contributed by atoms with Gasteiger partial charge in [-0.05, 0) is 32.1 Å². The minimum Gasteiger partial charge on any atom is -0.304 e. The van der Waals surface area contributed by atoms with Crippen molar-refractivity contribution in [3.8, 4) is 0 Å². The van der Waals surface area contributed by atoms with Crippen LogP contribution in [0.2, 0.25) is 0 Å². The second-order valence-electron chi connectivity index (χ2n) is 7.14. The Bertz CT molecular complexity index is 236. The third-order valence-electron chi connectivity index (χ3n) is 4.28. The molecule has 1 fully saturated rings. The molecule has 25 heavy (non-hydrogen) atoms. The van der Waals surface area contributed by atoms with E-state index in [1.165, 1.54) is 84.0 Å². The first-order valence-electron chi connectivity index (χ1n) is 11.1. The van der Waals surface area contributed by atoms with E-state index < -0.39 is 0 Å². The van der Waals surface area contributed by atoms with E-state index in [-0.39, 0.29) is 0 Å². The summed E-state index contributed by atoms with van der Waals surface area (Å²) in [6.07, 6.45) is 22.7. The molecule has 0 radical (unpaired) electrons. The number of hydrogen-bond acceptors (Lipinski definition) is 1. The summed E-state index contributed by atoms with van der Waals surface area (Å²) in [5, 5.41) is 0. The molecule has 1 aliphatic carbocycles. The zero-order valence-corrected chi connectivity index (χ0v) is 18.8. The minimum absolute atomic E-state index is 0.750. The molecule has 0 amide bonds. The largest absolute Gasteiger partial charge is 0.304 e. The van der Waals surface area contributed by atoms with Crippen molar-refractivity contribution in [1.82, 2.24) is 0 Å². The van der Waals surface area contributed by atoms with Crippen LogP contribution in [0, 0.1) is 11.8 Å². The second-order valence-corrected chi connectivity index (χ2v) is 7.14. The molecule has 1 aliphatic rings. The molecule has 0 atom stereocenters. The highest BCUT2D eigenvalue weighted by Gasteiger charge is 2.13. The number of hydrogen-bond donors (Lipinski definition) is 0. The Balaban J connectivity index is -0.000000341. The fourth-order valence-corrected chi connectivity index (χ4v) is 2.92. The predicted octanol–water partition coefficient (Wildman–Crippen LogP) is 8.77. The molecule has 0 spiro atoms. The van der Waals surface area contributed by atoms with Crippen LogP contribution in [0.1, 0.15) is 126 Å². The van der Waals surface area contributed by atoms with Gasteiger partial charge >= 0.3 is 0 Å². The first-order valence-corrected chi connectivity index (χ1v) is 11.1. The van der Waals surface area contributed by atoms with Gasteiger partial charge in [-0.15, -0.1) is 0 Å². The van der Waals surface area contributed by atoms with Gasteiger partial charge < -0.3 is 4.79 Å². The third-order valence-corrected chi connectivity index (χ3v) is 4.28. The maximum atomic E-state index is 8.81. The van der Waals surface area contributed by atoms with E-state index >= 15 is 0 Å². The highest BCUT2D eigenvalue weighted by Crippen LogP contribution is 2.29. The molecular formula is C24H50O. The van der Waals surface area contributed by atoms with Gasteiger partial charge in [-0.2, -0.15) is 0 Å². The van der Waals surface area contributed by atoms with Gasteiger partial charge in [-0.3, -0.25) is 0 Å². The van der Waals surface area contributed by atoms with Crippen molar-refractivity contribution >= 4 is 6.29 Å². The number of carbonyl (C=O) groups excluding carboxylic acids is 1. The number of carbonyl (C=O) groups is 1. The number of allylic oxidation sites excluding steroid dienone is 2. The summed E-state index contributed by atoms with van der Waals surface area (Å²) in [5.74, 6) is 1.93. The summed E-state index contributed by atoms with van der Waals surface area (Å²) in [4.78, 5) is 8.81. The third kappa shape index (κ3) is 31.7. The smallest absolute Gasteiger partial charge is 0.116 e. The van der Waals surface area contributed by atoms with Gasteiger partial charge in [0.2, 0.25) is 0 Å². The van der Waals surface area contributed by atoms with Crippen molar-refractivity contribution in [2.24, 2.45) is 11.8 Å². The maximum absolute atomic E-state index is 8.81. The standard InChI is InChI=1S/C13H26.C7H14.C2H4O.C2H6/c1-2-3-4-5-6-7-10-13-11-8-9-12-13;1-4-5-6-7(2)3;1-2-3;1-2/h13H,2-12H2,1H3;4-5,7H,6H2,1-3H3;2H,1H3;1-2H3/b;5-4-;;. The van der Waals surface area contributed by atoms with Crippen molar-refractivity contribution in [2.75, 3.05) is 0 Å². The van der Waals surface area contributed by atoms with Gasteiger partial charge in [0.1, 0.15) is 6.29 Å². The fraction of sp³-hybridized carbons (Fsp3) is 0.875. The molecule has 152 valence electrons. The van der Waals surface area contributed by atoms with Crippen LogP contribution in [0.25, 0.3) is 0 Å². The molecule has 0 aromatic heterocycles. The Morgan fingerprint density at radius 1 is 0.920 bits per heavy atom. The zero-order valence-electron chi connectivity index (χ0n) is 18.8. The zero-order chi connectivity index (χ0) is 19.8. The number of aldehydes is 1. The SMILES string of the molecule is C/C=C\CC(C)C.CC.CC=O.CCCCCCCCC1CCCC1. The molecule has 0 heterocycles. The molecule has 0 bridgehead atoms. The number of unbranched alkanes of at least 4 members (excludes halogenated alkanes) is 5. The van der Waals surface area contributed by atoms with E-state index in [0.29, 0.717) is 0 Å². The van der Waals surface area contributed by atoms with Crippen LogP contribution >= 0.6 is 0 Å². The Labute approximate surface area is 161 Å². The van der Waals surface area contributed by atoms with Crippen molar-refractivity contribution in [1.29, 1.82) is 0 Å². The molecule has 1 heteroatoms. The van der Waals surface area contributed by atoms with Crippen molar-refractivity contribution in [2.45, 2.75) is 126 Å². The highest BCUT2D eigenvalue weighted by atomic mass is 16.1. The van der Waals surface area contributed by atoms with Gasteiger partial charge in [0.05, 0.1) is 0 Å². The van der Waals surface area contributed by atoms with Crippen LogP contribution in [0.3, 0.4) is 0 Å². The van der Waals surface area contributed by atoms with Gasteiger partial charge in [-0.1, -0.05) is 117 Å². The summed E-state index contributed by atoms with van der Waals surface area (Å²) in [6, 6.07) is 0. The summed E-state index contributed by atoms with van der Waals surface area (Å²) < 4.78 is 0.